The Kier molecular flexibility index (Phi) is 6.29. The molecule has 2 atom stereocenters. The minimum atomic E-state index is -0.114. The Morgan fingerprint density at radius 1 is 1.54 bits per heavy atom. The number of rotatable bonds is 5. The lowest BCUT2D eigenvalue weighted by molar-refractivity contribution is -0.146. The maximum atomic E-state index is 11.2. The van der Waals surface area contributed by atoms with E-state index in [2.05, 4.69) is 13.0 Å². The van der Waals surface area contributed by atoms with E-state index < -0.39 is 0 Å². The molecular formula is C11H20O2. The number of ether oxygens (including phenoxy) is 1. The molecule has 0 aromatic heterocycles. The van der Waals surface area contributed by atoms with Crippen molar-refractivity contribution in [2.24, 2.45) is 11.8 Å². The molecule has 0 aromatic rings. The van der Waals surface area contributed by atoms with Crippen LogP contribution in [0.3, 0.4) is 0 Å². The summed E-state index contributed by atoms with van der Waals surface area (Å²) < 4.78 is 4.71. The summed E-state index contributed by atoms with van der Waals surface area (Å²) in [5, 5.41) is 0. The summed E-state index contributed by atoms with van der Waals surface area (Å²) in [6.07, 6.45) is 6.22. The highest BCUT2D eigenvalue weighted by Gasteiger charge is 2.21. The third kappa shape index (κ3) is 4.11. The van der Waals surface area contributed by atoms with E-state index >= 15 is 0 Å². The molecule has 0 N–H and O–H groups in total. The van der Waals surface area contributed by atoms with E-state index in [1.807, 2.05) is 19.9 Å². The quantitative estimate of drug-likeness (QED) is 0.485. The minimum absolute atomic E-state index is 0.0267. The predicted molar refractivity (Wildman–Crippen MR) is 54.4 cm³/mol. The van der Waals surface area contributed by atoms with Crippen LogP contribution in [0, 0.1) is 11.8 Å². The first-order chi connectivity index (χ1) is 6.17. The lowest BCUT2D eigenvalue weighted by atomic mass is 9.89. The molecule has 0 aliphatic rings. The standard InChI is InChI=1S/C11H20O2/c1-5-7-10(8-6-2)9(3)11(12)13-4/h5,7,9-10H,6,8H2,1-4H3/b7-5+. The topological polar surface area (TPSA) is 26.3 Å². The van der Waals surface area contributed by atoms with Gasteiger partial charge in [0, 0.05) is 0 Å². The van der Waals surface area contributed by atoms with Crippen LogP contribution >= 0.6 is 0 Å². The van der Waals surface area contributed by atoms with Crippen LogP contribution in [0.2, 0.25) is 0 Å². The number of esters is 1. The first-order valence-electron chi connectivity index (χ1n) is 4.88. The summed E-state index contributed by atoms with van der Waals surface area (Å²) in [6, 6.07) is 0. The van der Waals surface area contributed by atoms with E-state index in [-0.39, 0.29) is 11.9 Å². The zero-order valence-electron chi connectivity index (χ0n) is 9.04. The molecule has 0 radical (unpaired) electrons. The number of hydrogen-bond acceptors (Lipinski definition) is 2. The minimum Gasteiger partial charge on any atom is -0.469 e. The summed E-state index contributed by atoms with van der Waals surface area (Å²) in [7, 11) is 1.44. The van der Waals surface area contributed by atoms with Crippen molar-refractivity contribution in [1.29, 1.82) is 0 Å². The Bertz CT molecular complexity index is 173. The molecule has 0 saturated carbocycles. The smallest absolute Gasteiger partial charge is 0.308 e. The molecule has 0 spiro atoms. The van der Waals surface area contributed by atoms with Gasteiger partial charge in [-0.3, -0.25) is 4.79 Å². The number of carbonyl (C=O) groups is 1. The average molecular weight is 184 g/mol. The van der Waals surface area contributed by atoms with E-state index in [1.165, 1.54) is 7.11 Å². The summed E-state index contributed by atoms with van der Waals surface area (Å²) in [4.78, 5) is 11.2. The Morgan fingerprint density at radius 3 is 2.54 bits per heavy atom. The second kappa shape index (κ2) is 6.70. The molecule has 0 fully saturated rings. The summed E-state index contributed by atoms with van der Waals surface area (Å²) >= 11 is 0. The fraction of sp³-hybridized carbons (Fsp3) is 0.727. The van der Waals surface area contributed by atoms with E-state index in [0.717, 1.165) is 12.8 Å². The zero-order chi connectivity index (χ0) is 10.3. The van der Waals surface area contributed by atoms with Crippen LogP contribution in [0.25, 0.3) is 0 Å². The highest BCUT2D eigenvalue weighted by atomic mass is 16.5. The summed E-state index contributed by atoms with van der Waals surface area (Å²) in [6.45, 7) is 6.03. The third-order valence-corrected chi connectivity index (χ3v) is 2.28. The van der Waals surface area contributed by atoms with Gasteiger partial charge in [0.25, 0.3) is 0 Å². The largest absolute Gasteiger partial charge is 0.469 e. The van der Waals surface area contributed by atoms with Crippen molar-refractivity contribution in [2.45, 2.75) is 33.6 Å². The molecule has 0 amide bonds. The van der Waals surface area contributed by atoms with E-state index in [1.54, 1.807) is 0 Å². The van der Waals surface area contributed by atoms with Crippen LogP contribution < -0.4 is 0 Å². The van der Waals surface area contributed by atoms with Gasteiger partial charge in [-0.1, -0.05) is 32.4 Å². The molecule has 0 saturated heterocycles. The fourth-order valence-corrected chi connectivity index (χ4v) is 1.45. The van der Waals surface area contributed by atoms with Gasteiger partial charge in [0.2, 0.25) is 0 Å². The maximum Gasteiger partial charge on any atom is 0.308 e. The van der Waals surface area contributed by atoms with E-state index in [0.29, 0.717) is 5.92 Å². The molecule has 0 rings (SSSR count). The molecule has 0 heterocycles. The average Bonchev–Trinajstić information content (AvgIpc) is 2.15. The second-order valence-corrected chi connectivity index (χ2v) is 3.29. The lowest BCUT2D eigenvalue weighted by Gasteiger charge is -2.17. The van der Waals surface area contributed by atoms with Crippen molar-refractivity contribution >= 4 is 5.97 Å². The van der Waals surface area contributed by atoms with Gasteiger partial charge in [-0.2, -0.15) is 0 Å². The molecule has 0 aliphatic heterocycles. The van der Waals surface area contributed by atoms with Crippen LogP contribution in [-0.4, -0.2) is 13.1 Å². The van der Waals surface area contributed by atoms with Crippen molar-refractivity contribution in [3.8, 4) is 0 Å². The number of hydrogen-bond donors (Lipinski definition) is 0. The van der Waals surface area contributed by atoms with Crippen LogP contribution in [0.4, 0.5) is 0 Å². The Morgan fingerprint density at radius 2 is 2.15 bits per heavy atom. The van der Waals surface area contributed by atoms with Gasteiger partial charge < -0.3 is 4.74 Å². The molecule has 13 heavy (non-hydrogen) atoms. The predicted octanol–water partition coefficient (Wildman–Crippen LogP) is 2.79. The molecule has 0 bridgehead atoms. The van der Waals surface area contributed by atoms with Crippen molar-refractivity contribution < 1.29 is 9.53 Å². The van der Waals surface area contributed by atoms with Crippen molar-refractivity contribution in [1.82, 2.24) is 0 Å². The molecule has 2 nitrogen and oxygen atoms in total. The van der Waals surface area contributed by atoms with Crippen LogP contribution in [-0.2, 0) is 9.53 Å². The molecule has 0 aromatic carbocycles. The summed E-state index contributed by atoms with van der Waals surface area (Å²) in [5.74, 6) is 0.181. The summed E-state index contributed by atoms with van der Waals surface area (Å²) in [5.41, 5.74) is 0. The first kappa shape index (κ1) is 12.2. The Labute approximate surface area is 81.0 Å². The van der Waals surface area contributed by atoms with E-state index in [9.17, 15) is 4.79 Å². The van der Waals surface area contributed by atoms with Crippen LogP contribution in [0.5, 0.6) is 0 Å². The van der Waals surface area contributed by atoms with Gasteiger partial charge in [-0.05, 0) is 19.3 Å². The highest BCUT2D eigenvalue weighted by Crippen LogP contribution is 2.20. The first-order valence-corrected chi connectivity index (χ1v) is 4.88. The van der Waals surface area contributed by atoms with Gasteiger partial charge in [-0.25, -0.2) is 0 Å². The maximum absolute atomic E-state index is 11.2. The lowest BCUT2D eigenvalue weighted by Crippen LogP contribution is -2.20. The SMILES string of the molecule is C/C=C/C(CCC)C(C)C(=O)OC. The second-order valence-electron chi connectivity index (χ2n) is 3.29. The monoisotopic (exact) mass is 184 g/mol. The van der Waals surface area contributed by atoms with Crippen LogP contribution in [0.1, 0.15) is 33.6 Å². The Balaban J connectivity index is 4.26. The van der Waals surface area contributed by atoms with Gasteiger partial charge >= 0.3 is 5.97 Å². The zero-order valence-corrected chi connectivity index (χ0v) is 9.04. The van der Waals surface area contributed by atoms with E-state index in [4.69, 9.17) is 4.74 Å². The number of methoxy groups -OCH3 is 1. The Hall–Kier alpha value is -0.790. The molecule has 76 valence electrons. The normalized spacial score (nSPS) is 15.7. The van der Waals surface area contributed by atoms with Crippen molar-refractivity contribution in [2.75, 3.05) is 7.11 Å². The molecule has 2 unspecified atom stereocenters. The van der Waals surface area contributed by atoms with Crippen molar-refractivity contribution in [3.05, 3.63) is 12.2 Å². The number of allylic oxidation sites excluding steroid dienone is 2. The molecule has 0 aliphatic carbocycles. The molecular weight excluding hydrogens is 164 g/mol. The fourth-order valence-electron chi connectivity index (χ4n) is 1.45. The van der Waals surface area contributed by atoms with Gasteiger partial charge in [0.1, 0.15) is 0 Å². The van der Waals surface area contributed by atoms with Gasteiger partial charge in [0.05, 0.1) is 13.0 Å². The van der Waals surface area contributed by atoms with Crippen molar-refractivity contribution in [3.63, 3.8) is 0 Å². The van der Waals surface area contributed by atoms with Crippen LogP contribution in [0.15, 0.2) is 12.2 Å². The third-order valence-electron chi connectivity index (χ3n) is 2.28. The highest BCUT2D eigenvalue weighted by molar-refractivity contribution is 5.72. The van der Waals surface area contributed by atoms with Gasteiger partial charge in [-0.15, -0.1) is 0 Å². The number of carbonyl (C=O) groups excluding carboxylic acids is 1. The molecule has 2 heteroatoms. The van der Waals surface area contributed by atoms with Gasteiger partial charge in [0.15, 0.2) is 0 Å².